The van der Waals surface area contributed by atoms with Crippen LogP contribution >= 0.6 is 23.2 Å². The molecule has 2 rings (SSSR count). The zero-order chi connectivity index (χ0) is 20.0. The first-order valence-electron chi connectivity index (χ1n) is 8.27. The lowest BCUT2D eigenvalue weighted by atomic mass is 10.0. The molecule has 27 heavy (non-hydrogen) atoms. The van der Waals surface area contributed by atoms with Gasteiger partial charge in [-0.05, 0) is 30.5 Å². The van der Waals surface area contributed by atoms with Crippen molar-refractivity contribution in [2.75, 3.05) is 18.5 Å². The summed E-state index contributed by atoms with van der Waals surface area (Å²) in [5, 5.41) is 3.06. The average molecular weight is 411 g/mol. The molecule has 0 atom stereocenters. The van der Waals surface area contributed by atoms with Crippen molar-refractivity contribution in [1.29, 1.82) is 0 Å². The number of nitrogens with zero attached hydrogens (tertiary/aromatic N) is 1. The van der Waals surface area contributed by atoms with Crippen LogP contribution in [0.5, 0.6) is 5.75 Å². The third-order valence-electron chi connectivity index (χ3n) is 3.61. The van der Waals surface area contributed by atoms with Gasteiger partial charge in [-0.1, -0.05) is 55.2 Å². The van der Waals surface area contributed by atoms with Gasteiger partial charge in [-0.3, -0.25) is 4.79 Å². The molecular weight excluding hydrogens is 391 g/mol. The molecule has 0 fully saturated rings. The van der Waals surface area contributed by atoms with Crippen LogP contribution in [-0.4, -0.2) is 30.1 Å². The summed E-state index contributed by atoms with van der Waals surface area (Å²) in [5.74, 6) is -0.205. The number of aromatic nitrogens is 1. The van der Waals surface area contributed by atoms with E-state index in [4.69, 9.17) is 32.7 Å². The number of benzene rings is 1. The normalized spacial score (nSPS) is 10.6. The van der Waals surface area contributed by atoms with Crippen molar-refractivity contribution < 1.29 is 19.1 Å². The second-order valence-corrected chi connectivity index (χ2v) is 6.89. The van der Waals surface area contributed by atoms with Crippen molar-refractivity contribution in [2.24, 2.45) is 0 Å². The van der Waals surface area contributed by atoms with E-state index in [2.05, 4.69) is 10.3 Å². The van der Waals surface area contributed by atoms with Crippen LogP contribution in [0.1, 0.15) is 31.0 Å². The lowest BCUT2D eigenvalue weighted by Gasteiger charge is -2.13. The van der Waals surface area contributed by atoms with Crippen LogP contribution in [0.3, 0.4) is 0 Å². The molecule has 0 aliphatic carbocycles. The maximum atomic E-state index is 11.9. The number of rotatable bonds is 7. The van der Waals surface area contributed by atoms with E-state index in [1.54, 1.807) is 13.0 Å². The van der Waals surface area contributed by atoms with Gasteiger partial charge < -0.3 is 14.8 Å². The predicted molar refractivity (Wildman–Crippen MR) is 105 cm³/mol. The van der Waals surface area contributed by atoms with Crippen molar-refractivity contribution in [3.8, 4) is 5.75 Å². The molecule has 0 bridgehead atoms. The van der Waals surface area contributed by atoms with Gasteiger partial charge in [0.25, 0.3) is 5.91 Å². The van der Waals surface area contributed by atoms with Crippen molar-refractivity contribution in [2.45, 2.75) is 26.7 Å². The number of hydrogen-bond donors (Lipinski definition) is 1. The molecule has 1 N–H and O–H groups in total. The molecule has 2 aromatic rings. The van der Waals surface area contributed by atoms with Gasteiger partial charge in [0.2, 0.25) is 0 Å². The van der Waals surface area contributed by atoms with Gasteiger partial charge >= 0.3 is 5.97 Å². The summed E-state index contributed by atoms with van der Waals surface area (Å²) in [7, 11) is 0. The summed E-state index contributed by atoms with van der Waals surface area (Å²) in [5.41, 5.74) is 1.51. The zero-order valence-electron chi connectivity index (χ0n) is 15.2. The monoisotopic (exact) mass is 410 g/mol. The lowest BCUT2D eigenvalue weighted by Crippen LogP contribution is -2.24. The van der Waals surface area contributed by atoms with E-state index in [0.717, 1.165) is 5.56 Å². The van der Waals surface area contributed by atoms with Crippen LogP contribution in [0.25, 0.3) is 0 Å². The molecule has 0 spiro atoms. The van der Waals surface area contributed by atoms with Crippen LogP contribution in [0, 0.1) is 6.92 Å². The number of aryl methyl sites for hydroxylation is 1. The van der Waals surface area contributed by atoms with E-state index in [-0.39, 0.29) is 23.4 Å². The van der Waals surface area contributed by atoms with Gasteiger partial charge in [-0.15, -0.1) is 0 Å². The van der Waals surface area contributed by atoms with E-state index < -0.39 is 18.5 Å². The minimum atomic E-state index is -0.657. The number of nitrogens with one attached hydrogen (secondary N) is 1. The summed E-state index contributed by atoms with van der Waals surface area (Å²) in [6.45, 7) is 4.97. The maximum absolute atomic E-state index is 11.9. The Hall–Kier alpha value is -2.31. The van der Waals surface area contributed by atoms with Gasteiger partial charge in [0, 0.05) is 0 Å². The molecule has 8 heteroatoms. The Morgan fingerprint density at radius 2 is 1.85 bits per heavy atom. The fraction of sp³-hybridized carbons (Fsp3) is 0.316. The molecule has 0 unspecified atom stereocenters. The Balaban J connectivity index is 1.84. The highest BCUT2D eigenvalue weighted by Crippen LogP contribution is 2.26. The zero-order valence-corrected chi connectivity index (χ0v) is 16.7. The molecule has 0 saturated carbocycles. The van der Waals surface area contributed by atoms with Crippen LogP contribution in [0.4, 0.5) is 5.82 Å². The van der Waals surface area contributed by atoms with Gasteiger partial charge in [-0.2, -0.15) is 0 Å². The van der Waals surface area contributed by atoms with Gasteiger partial charge in [-0.25, -0.2) is 9.78 Å². The van der Waals surface area contributed by atoms with E-state index >= 15 is 0 Å². The third kappa shape index (κ3) is 6.12. The Morgan fingerprint density at radius 1 is 1.15 bits per heavy atom. The van der Waals surface area contributed by atoms with Crippen LogP contribution in [0.15, 0.2) is 30.3 Å². The van der Waals surface area contributed by atoms with Crippen molar-refractivity contribution in [3.05, 3.63) is 51.6 Å². The third-order valence-corrected chi connectivity index (χ3v) is 4.28. The highest BCUT2D eigenvalue weighted by atomic mass is 35.5. The van der Waals surface area contributed by atoms with E-state index in [1.165, 1.54) is 6.07 Å². The summed E-state index contributed by atoms with van der Waals surface area (Å²) >= 11 is 11.9. The van der Waals surface area contributed by atoms with Crippen molar-refractivity contribution >= 4 is 40.9 Å². The molecule has 0 radical (unpaired) electrons. The van der Waals surface area contributed by atoms with Crippen LogP contribution in [-0.2, 0) is 14.3 Å². The molecular formula is C19H20Cl2N2O4. The second-order valence-electron chi connectivity index (χ2n) is 6.08. The number of halogens is 2. The summed E-state index contributed by atoms with van der Waals surface area (Å²) in [4.78, 5) is 27.8. The quantitative estimate of drug-likeness (QED) is 0.685. The summed E-state index contributed by atoms with van der Waals surface area (Å²) in [6.07, 6.45) is 0. The summed E-state index contributed by atoms with van der Waals surface area (Å²) < 4.78 is 10.4. The molecule has 0 aliphatic rings. The maximum Gasteiger partial charge on any atom is 0.344 e. The van der Waals surface area contributed by atoms with Gasteiger partial charge in [0.1, 0.15) is 5.75 Å². The number of anilines is 1. The number of pyridine rings is 1. The molecule has 144 valence electrons. The lowest BCUT2D eigenvalue weighted by molar-refractivity contribution is -0.149. The van der Waals surface area contributed by atoms with E-state index in [0.29, 0.717) is 16.5 Å². The first kappa shape index (κ1) is 21.0. The highest BCUT2D eigenvalue weighted by molar-refractivity contribution is 6.36. The fourth-order valence-electron chi connectivity index (χ4n) is 2.23. The first-order chi connectivity index (χ1) is 12.8. The minimum absolute atomic E-state index is 0.154. The molecule has 1 aromatic carbocycles. The summed E-state index contributed by atoms with van der Waals surface area (Å²) in [6, 6.07) is 8.93. The number of para-hydroxylation sites is 1. The Labute approximate surface area is 167 Å². The molecule has 6 nitrogen and oxygen atoms in total. The van der Waals surface area contributed by atoms with Gasteiger partial charge in [0.15, 0.2) is 19.0 Å². The number of carbonyl (C=O) groups excluding carboxylic acids is 2. The predicted octanol–water partition coefficient (Wildman–Crippen LogP) is 4.38. The smallest absolute Gasteiger partial charge is 0.344 e. The van der Waals surface area contributed by atoms with Crippen molar-refractivity contribution in [3.63, 3.8) is 0 Å². The molecule has 1 aromatic heterocycles. The Kier molecular flexibility index (Phi) is 7.45. The van der Waals surface area contributed by atoms with Gasteiger partial charge in [0.05, 0.1) is 15.7 Å². The Bertz CT molecular complexity index is 840. The van der Waals surface area contributed by atoms with Crippen LogP contribution in [0.2, 0.25) is 10.0 Å². The average Bonchev–Trinajstić information content (AvgIpc) is 2.63. The highest BCUT2D eigenvalue weighted by Gasteiger charge is 2.14. The van der Waals surface area contributed by atoms with E-state index in [1.807, 2.05) is 32.0 Å². The number of carbonyl (C=O) groups is 2. The fourth-order valence-corrected chi connectivity index (χ4v) is 2.63. The number of hydrogen-bond acceptors (Lipinski definition) is 5. The minimum Gasteiger partial charge on any atom is -0.482 e. The SMILES string of the molecule is Cc1nc(NC(=O)COC(=O)COc2ccccc2C(C)C)c(Cl)cc1Cl. The number of amides is 1. The standard InChI is InChI=1S/C19H20Cl2N2O4/c1-11(2)13-6-4-5-7-16(13)26-10-18(25)27-9-17(24)23-19-15(21)8-14(20)12(3)22-19/h4-8,11H,9-10H2,1-3H3,(H,22,23,24). The second kappa shape index (κ2) is 9.58. The van der Waals surface area contributed by atoms with E-state index in [9.17, 15) is 9.59 Å². The number of esters is 1. The molecule has 1 heterocycles. The molecule has 0 saturated heterocycles. The van der Waals surface area contributed by atoms with Crippen LogP contribution < -0.4 is 10.1 Å². The molecule has 1 amide bonds. The topological polar surface area (TPSA) is 77.5 Å². The first-order valence-corrected chi connectivity index (χ1v) is 9.03. The largest absolute Gasteiger partial charge is 0.482 e. The molecule has 0 aliphatic heterocycles. The number of ether oxygens (including phenoxy) is 2. The Morgan fingerprint density at radius 3 is 2.56 bits per heavy atom. The van der Waals surface area contributed by atoms with Crippen molar-refractivity contribution in [1.82, 2.24) is 4.98 Å².